The number of amides is 3. The van der Waals surface area contributed by atoms with Gasteiger partial charge in [-0.15, -0.1) is 11.3 Å². The van der Waals surface area contributed by atoms with Crippen molar-refractivity contribution in [2.75, 3.05) is 6.54 Å². The number of nitrogens with two attached hydrogens (primary N) is 1. The molecule has 0 radical (unpaired) electrons. The second-order valence-corrected chi connectivity index (χ2v) is 8.36. The smallest absolute Gasteiger partial charge is 0.248 e. The Morgan fingerprint density at radius 3 is 2.68 bits per heavy atom. The summed E-state index contributed by atoms with van der Waals surface area (Å²) in [4.78, 5) is 40.1. The Morgan fingerprint density at radius 2 is 1.97 bits per heavy atom. The molecule has 4 N–H and O–H groups in total. The van der Waals surface area contributed by atoms with Gasteiger partial charge in [-0.3, -0.25) is 14.4 Å². The standard InChI is InChI=1S/C22H19N5O3S/c23-10-16(21(30)25-11-19(28)26-15-5-6-15)22-27-17-7-4-13(9-18(17)31-22)12-2-1-3-14(8-12)20(24)29/h1-4,7-9,15-16H,5-6,11H2,(H2,24,29)(H,25,30)(H,26,28). The molecular formula is C22H19N5O3S. The molecule has 1 unspecified atom stereocenters. The normalized spacial score (nSPS) is 13.9. The van der Waals surface area contributed by atoms with Gasteiger partial charge in [0.15, 0.2) is 5.92 Å². The van der Waals surface area contributed by atoms with Gasteiger partial charge >= 0.3 is 0 Å². The van der Waals surface area contributed by atoms with E-state index in [9.17, 15) is 19.6 Å². The van der Waals surface area contributed by atoms with Crippen LogP contribution in [0, 0.1) is 11.3 Å². The first-order chi connectivity index (χ1) is 14.9. The average molecular weight is 433 g/mol. The molecular weight excluding hydrogens is 414 g/mol. The fraction of sp³-hybridized carbons (Fsp3) is 0.227. The second-order valence-electron chi connectivity index (χ2n) is 7.30. The lowest BCUT2D eigenvalue weighted by Gasteiger charge is -2.08. The third-order valence-corrected chi connectivity index (χ3v) is 5.97. The molecule has 1 aromatic heterocycles. The lowest BCUT2D eigenvalue weighted by Crippen LogP contribution is -2.39. The number of thiazole rings is 1. The maximum atomic E-state index is 12.5. The number of nitriles is 1. The largest absolute Gasteiger partial charge is 0.366 e. The number of nitrogens with one attached hydrogen (secondary N) is 2. The van der Waals surface area contributed by atoms with E-state index in [4.69, 9.17) is 5.73 Å². The highest BCUT2D eigenvalue weighted by Crippen LogP contribution is 2.31. The summed E-state index contributed by atoms with van der Waals surface area (Å²) < 4.78 is 0.802. The molecule has 4 rings (SSSR count). The zero-order chi connectivity index (χ0) is 22.0. The first-order valence-corrected chi connectivity index (χ1v) is 10.5. The molecule has 8 nitrogen and oxygen atoms in total. The molecule has 156 valence electrons. The highest BCUT2D eigenvalue weighted by atomic mass is 32.1. The summed E-state index contributed by atoms with van der Waals surface area (Å²) in [6, 6.07) is 14.7. The van der Waals surface area contributed by atoms with Crippen LogP contribution < -0.4 is 16.4 Å². The van der Waals surface area contributed by atoms with E-state index in [2.05, 4.69) is 15.6 Å². The zero-order valence-electron chi connectivity index (χ0n) is 16.4. The van der Waals surface area contributed by atoms with Crippen molar-refractivity contribution in [1.82, 2.24) is 15.6 Å². The number of fused-ring (bicyclic) bond motifs is 1. The van der Waals surface area contributed by atoms with E-state index in [1.807, 2.05) is 24.3 Å². The van der Waals surface area contributed by atoms with Gasteiger partial charge in [0, 0.05) is 11.6 Å². The van der Waals surface area contributed by atoms with Gasteiger partial charge in [-0.25, -0.2) is 4.98 Å². The van der Waals surface area contributed by atoms with Crippen LogP contribution in [0.4, 0.5) is 0 Å². The first kappa shape index (κ1) is 20.5. The number of hydrogen-bond acceptors (Lipinski definition) is 6. The molecule has 0 bridgehead atoms. The van der Waals surface area contributed by atoms with Crippen LogP contribution in [0.15, 0.2) is 42.5 Å². The van der Waals surface area contributed by atoms with Crippen LogP contribution in [0.25, 0.3) is 21.3 Å². The molecule has 1 heterocycles. The highest BCUT2D eigenvalue weighted by Gasteiger charge is 2.26. The minimum atomic E-state index is -1.10. The lowest BCUT2D eigenvalue weighted by molar-refractivity contribution is -0.126. The number of primary amides is 1. The molecule has 31 heavy (non-hydrogen) atoms. The molecule has 1 atom stereocenters. The van der Waals surface area contributed by atoms with Crippen LogP contribution in [0.3, 0.4) is 0 Å². The quantitative estimate of drug-likeness (QED) is 0.524. The van der Waals surface area contributed by atoms with E-state index in [0.29, 0.717) is 16.1 Å². The van der Waals surface area contributed by atoms with Crippen molar-refractivity contribution in [2.45, 2.75) is 24.8 Å². The topological polar surface area (TPSA) is 138 Å². The number of benzene rings is 2. The van der Waals surface area contributed by atoms with Gasteiger partial charge in [-0.1, -0.05) is 18.2 Å². The van der Waals surface area contributed by atoms with E-state index in [1.54, 1.807) is 24.3 Å². The van der Waals surface area contributed by atoms with Gasteiger partial charge in [0.25, 0.3) is 0 Å². The molecule has 3 amide bonds. The summed E-state index contributed by atoms with van der Waals surface area (Å²) >= 11 is 1.25. The van der Waals surface area contributed by atoms with Gasteiger partial charge in [0.2, 0.25) is 17.7 Å². The average Bonchev–Trinajstić information content (AvgIpc) is 3.48. The fourth-order valence-electron chi connectivity index (χ4n) is 3.10. The Morgan fingerprint density at radius 1 is 1.19 bits per heavy atom. The molecule has 0 aliphatic heterocycles. The van der Waals surface area contributed by atoms with Crippen molar-refractivity contribution < 1.29 is 14.4 Å². The van der Waals surface area contributed by atoms with Crippen molar-refractivity contribution in [3.05, 3.63) is 53.0 Å². The minimum Gasteiger partial charge on any atom is -0.366 e. The number of nitrogens with zero attached hydrogens (tertiary/aromatic N) is 2. The van der Waals surface area contributed by atoms with Crippen LogP contribution in [0.2, 0.25) is 0 Å². The molecule has 0 spiro atoms. The minimum absolute atomic E-state index is 0.168. The van der Waals surface area contributed by atoms with E-state index < -0.39 is 17.7 Å². The third-order valence-electron chi connectivity index (χ3n) is 4.89. The van der Waals surface area contributed by atoms with Crippen LogP contribution in [-0.2, 0) is 9.59 Å². The summed E-state index contributed by atoms with van der Waals surface area (Å²) in [5.74, 6) is -2.42. The Labute approximate surface area is 182 Å². The van der Waals surface area contributed by atoms with Gasteiger partial charge < -0.3 is 16.4 Å². The molecule has 3 aromatic rings. The number of carbonyl (C=O) groups excluding carboxylic acids is 3. The second kappa shape index (κ2) is 8.53. The molecule has 1 saturated carbocycles. The van der Waals surface area contributed by atoms with Crippen molar-refractivity contribution >= 4 is 39.3 Å². The van der Waals surface area contributed by atoms with Crippen molar-refractivity contribution in [3.63, 3.8) is 0 Å². The fourth-order valence-corrected chi connectivity index (χ4v) is 4.15. The Bertz CT molecular complexity index is 1230. The summed E-state index contributed by atoms with van der Waals surface area (Å²) in [6.45, 7) is -0.168. The van der Waals surface area contributed by atoms with Crippen molar-refractivity contribution in [1.29, 1.82) is 5.26 Å². The number of hydrogen-bond donors (Lipinski definition) is 3. The van der Waals surface area contributed by atoms with E-state index in [0.717, 1.165) is 28.7 Å². The molecule has 1 fully saturated rings. The van der Waals surface area contributed by atoms with E-state index in [1.165, 1.54) is 11.3 Å². The summed E-state index contributed by atoms with van der Waals surface area (Å²) in [5, 5.41) is 15.2. The number of rotatable bonds is 7. The monoisotopic (exact) mass is 433 g/mol. The summed E-state index contributed by atoms with van der Waals surface area (Å²) in [7, 11) is 0. The molecule has 0 saturated heterocycles. The van der Waals surface area contributed by atoms with Gasteiger partial charge in [-0.05, 0) is 48.2 Å². The van der Waals surface area contributed by atoms with Gasteiger partial charge in [0.1, 0.15) is 5.01 Å². The predicted molar refractivity (Wildman–Crippen MR) is 116 cm³/mol. The molecule has 9 heteroatoms. The van der Waals surface area contributed by atoms with E-state index >= 15 is 0 Å². The van der Waals surface area contributed by atoms with Crippen molar-refractivity contribution in [3.8, 4) is 17.2 Å². The first-order valence-electron chi connectivity index (χ1n) is 9.72. The van der Waals surface area contributed by atoms with Crippen LogP contribution in [0.1, 0.15) is 34.1 Å². The lowest BCUT2D eigenvalue weighted by atomic mass is 10.0. The van der Waals surface area contributed by atoms with Crippen LogP contribution in [0.5, 0.6) is 0 Å². The Balaban J connectivity index is 1.53. The third kappa shape index (κ3) is 4.70. The molecule has 1 aliphatic rings. The maximum Gasteiger partial charge on any atom is 0.248 e. The Kier molecular flexibility index (Phi) is 5.64. The van der Waals surface area contributed by atoms with Gasteiger partial charge in [-0.2, -0.15) is 5.26 Å². The zero-order valence-corrected chi connectivity index (χ0v) is 17.2. The highest BCUT2D eigenvalue weighted by molar-refractivity contribution is 7.18. The maximum absolute atomic E-state index is 12.5. The molecule has 1 aliphatic carbocycles. The number of aromatic nitrogens is 1. The molecule has 2 aromatic carbocycles. The Hall–Kier alpha value is -3.77. The SMILES string of the molecule is N#CC(C(=O)NCC(=O)NC1CC1)c1nc2ccc(-c3cccc(C(N)=O)c3)cc2s1. The summed E-state index contributed by atoms with van der Waals surface area (Å²) in [6.07, 6.45) is 1.92. The van der Waals surface area contributed by atoms with Crippen molar-refractivity contribution in [2.24, 2.45) is 5.73 Å². The van der Waals surface area contributed by atoms with Gasteiger partial charge in [0.05, 0.1) is 22.8 Å². The predicted octanol–water partition coefficient (Wildman–Crippen LogP) is 2.06. The number of carbonyl (C=O) groups is 3. The van der Waals surface area contributed by atoms with Crippen LogP contribution >= 0.6 is 11.3 Å². The van der Waals surface area contributed by atoms with E-state index in [-0.39, 0.29) is 18.5 Å². The van der Waals surface area contributed by atoms with Crippen LogP contribution in [-0.4, -0.2) is 35.3 Å². The summed E-state index contributed by atoms with van der Waals surface area (Å²) in [5.41, 5.74) is 8.12.